The molecular formula is C16H16N2O2. The third-order valence-corrected chi connectivity index (χ3v) is 3.09. The fourth-order valence-electron chi connectivity index (χ4n) is 2.00. The van der Waals surface area contributed by atoms with Crippen LogP contribution in [0.25, 0.3) is 5.70 Å². The van der Waals surface area contributed by atoms with E-state index in [2.05, 4.69) is 11.9 Å². The zero-order valence-electron chi connectivity index (χ0n) is 11.3. The van der Waals surface area contributed by atoms with Crippen LogP contribution in [0, 0.1) is 17.0 Å². The molecule has 0 aliphatic carbocycles. The van der Waals surface area contributed by atoms with Crippen LogP contribution in [0.3, 0.4) is 0 Å². The standard InChI is InChI=1S/C16H16N2O2/c1-12-10-15(18(19)20)8-9-16(12)13(2)17-11-14-6-4-3-5-7-14/h3-10,17H,2,11H2,1H3. The predicted molar refractivity (Wildman–Crippen MR) is 80.1 cm³/mol. The van der Waals surface area contributed by atoms with Crippen molar-refractivity contribution in [2.24, 2.45) is 0 Å². The van der Waals surface area contributed by atoms with Gasteiger partial charge in [-0.3, -0.25) is 10.1 Å². The van der Waals surface area contributed by atoms with E-state index in [1.165, 1.54) is 6.07 Å². The first-order chi connectivity index (χ1) is 9.58. The molecule has 0 aromatic heterocycles. The Kier molecular flexibility index (Phi) is 4.15. The molecule has 2 aromatic carbocycles. The second-order valence-electron chi connectivity index (χ2n) is 4.57. The minimum Gasteiger partial charge on any atom is -0.381 e. The van der Waals surface area contributed by atoms with Gasteiger partial charge in [-0.25, -0.2) is 0 Å². The van der Waals surface area contributed by atoms with Gasteiger partial charge in [-0.15, -0.1) is 0 Å². The number of aryl methyl sites for hydroxylation is 1. The summed E-state index contributed by atoms with van der Waals surface area (Å²) in [6.07, 6.45) is 0. The van der Waals surface area contributed by atoms with Crippen molar-refractivity contribution in [1.82, 2.24) is 5.32 Å². The first kappa shape index (κ1) is 13.8. The largest absolute Gasteiger partial charge is 0.381 e. The molecule has 0 radical (unpaired) electrons. The molecule has 2 rings (SSSR count). The average Bonchev–Trinajstić information content (AvgIpc) is 2.45. The lowest BCUT2D eigenvalue weighted by Crippen LogP contribution is -2.11. The van der Waals surface area contributed by atoms with Crippen LogP contribution in [0.15, 0.2) is 55.1 Å². The number of nitrogens with zero attached hydrogens (tertiary/aromatic N) is 1. The predicted octanol–water partition coefficient (Wildman–Crippen LogP) is 3.66. The van der Waals surface area contributed by atoms with E-state index in [4.69, 9.17) is 0 Å². The van der Waals surface area contributed by atoms with E-state index < -0.39 is 4.92 Å². The van der Waals surface area contributed by atoms with Gasteiger partial charge in [0.2, 0.25) is 0 Å². The van der Waals surface area contributed by atoms with E-state index >= 15 is 0 Å². The molecule has 0 unspecified atom stereocenters. The van der Waals surface area contributed by atoms with E-state index in [0.717, 1.165) is 22.4 Å². The minimum atomic E-state index is -0.392. The van der Waals surface area contributed by atoms with Crippen molar-refractivity contribution in [3.63, 3.8) is 0 Å². The first-order valence-electron chi connectivity index (χ1n) is 6.30. The zero-order valence-corrected chi connectivity index (χ0v) is 11.3. The summed E-state index contributed by atoms with van der Waals surface area (Å²) in [5.41, 5.74) is 3.76. The molecule has 4 heteroatoms. The number of benzene rings is 2. The van der Waals surface area contributed by atoms with Crippen LogP contribution >= 0.6 is 0 Å². The van der Waals surface area contributed by atoms with E-state index in [9.17, 15) is 10.1 Å². The van der Waals surface area contributed by atoms with Gasteiger partial charge in [-0.05, 0) is 24.1 Å². The third kappa shape index (κ3) is 3.23. The van der Waals surface area contributed by atoms with Crippen molar-refractivity contribution in [2.75, 3.05) is 0 Å². The molecule has 0 atom stereocenters. The molecule has 0 saturated heterocycles. The van der Waals surface area contributed by atoms with Gasteiger partial charge in [0.1, 0.15) is 0 Å². The van der Waals surface area contributed by atoms with E-state index in [1.807, 2.05) is 37.3 Å². The molecule has 2 aromatic rings. The first-order valence-corrected chi connectivity index (χ1v) is 6.30. The van der Waals surface area contributed by atoms with Gasteiger partial charge in [-0.1, -0.05) is 36.9 Å². The second-order valence-corrected chi connectivity index (χ2v) is 4.57. The molecule has 102 valence electrons. The Balaban J connectivity index is 2.08. The van der Waals surface area contributed by atoms with Crippen molar-refractivity contribution in [3.8, 4) is 0 Å². The fraction of sp³-hybridized carbons (Fsp3) is 0.125. The highest BCUT2D eigenvalue weighted by atomic mass is 16.6. The second kappa shape index (κ2) is 6.02. The van der Waals surface area contributed by atoms with E-state index in [1.54, 1.807) is 12.1 Å². The molecule has 0 heterocycles. The van der Waals surface area contributed by atoms with Gasteiger partial charge >= 0.3 is 0 Å². The van der Waals surface area contributed by atoms with Gasteiger partial charge in [0, 0.05) is 29.9 Å². The number of hydrogen-bond donors (Lipinski definition) is 1. The number of nitrogens with one attached hydrogen (secondary N) is 1. The molecule has 0 fully saturated rings. The molecule has 4 nitrogen and oxygen atoms in total. The molecular weight excluding hydrogens is 252 g/mol. The maximum Gasteiger partial charge on any atom is 0.269 e. The Hall–Kier alpha value is -2.62. The molecule has 0 aliphatic rings. The summed E-state index contributed by atoms with van der Waals surface area (Å²) in [6, 6.07) is 14.8. The number of hydrogen-bond acceptors (Lipinski definition) is 3. The summed E-state index contributed by atoms with van der Waals surface area (Å²) in [7, 11) is 0. The van der Waals surface area contributed by atoms with Crippen LogP contribution in [-0.4, -0.2) is 4.92 Å². The lowest BCUT2D eigenvalue weighted by Gasteiger charge is -2.12. The van der Waals surface area contributed by atoms with Crippen molar-refractivity contribution in [3.05, 3.63) is 81.9 Å². The number of rotatable bonds is 5. The van der Waals surface area contributed by atoms with Gasteiger partial charge in [0.15, 0.2) is 0 Å². The Labute approximate surface area is 117 Å². The molecule has 1 N–H and O–H groups in total. The van der Waals surface area contributed by atoms with Crippen molar-refractivity contribution in [2.45, 2.75) is 13.5 Å². The Morgan fingerprint density at radius 2 is 1.95 bits per heavy atom. The fourth-order valence-corrected chi connectivity index (χ4v) is 2.00. The normalized spacial score (nSPS) is 10.1. The minimum absolute atomic E-state index is 0.0992. The highest BCUT2D eigenvalue weighted by molar-refractivity contribution is 5.66. The molecule has 0 aliphatic heterocycles. The molecule has 0 bridgehead atoms. The summed E-state index contributed by atoms with van der Waals surface area (Å²) < 4.78 is 0. The van der Waals surface area contributed by atoms with Crippen LogP contribution in [-0.2, 0) is 6.54 Å². The van der Waals surface area contributed by atoms with Crippen molar-refractivity contribution < 1.29 is 4.92 Å². The summed E-state index contributed by atoms with van der Waals surface area (Å²) in [6.45, 7) is 6.52. The topological polar surface area (TPSA) is 55.2 Å². The van der Waals surface area contributed by atoms with Gasteiger partial charge in [0.05, 0.1) is 4.92 Å². The highest BCUT2D eigenvalue weighted by Crippen LogP contribution is 2.21. The van der Waals surface area contributed by atoms with Crippen molar-refractivity contribution in [1.29, 1.82) is 0 Å². The number of non-ortho nitro benzene ring substituents is 1. The van der Waals surface area contributed by atoms with Crippen LogP contribution in [0.4, 0.5) is 5.69 Å². The Morgan fingerprint density at radius 3 is 2.55 bits per heavy atom. The molecule has 20 heavy (non-hydrogen) atoms. The van der Waals surface area contributed by atoms with Gasteiger partial charge in [-0.2, -0.15) is 0 Å². The van der Waals surface area contributed by atoms with E-state index in [0.29, 0.717) is 6.54 Å². The van der Waals surface area contributed by atoms with Gasteiger partial charge < -0.3 is 5.32 Å². The van der Waals surface area contributed by atoms with Crippen molar-refractivity contribution >= 4 is 11.4 Å². The highest BCUT2D eigenvalue weighted by Gasteiger charge is 2.09. The molecule has 0 saturated carbocycles. The quantitative estimate of drug-likeness (QED) is 0.665. The van der Waals surface area contributed by atoms with Crippen LogP contribution < -0.4 is 5.32 Å². The lowest BCUT2D eigenvalue weighted by atomic mass is 10.1. The SMILES string of the molecule is C=C(NCc1ccccc1)c1ccc([N+](=O)[O-])cc1C. The summed E-state index contributed by atoms with van der Waals surface area (Å²) in [5.74, 6) is 0. The summed E-state index contributed by atoms with van der Waals surface area (Å²) in [4.78, 5) is 10.3. The van der Waals surface area contributed by atoms with E-state index in [-0.39, 0.29) is 5.69 Å². The Bertz CT molecular complexity index is 636. The monoisotopic (exact) mass is 268 g/mol. The van der Waals surface area contributed by atoms with Gasteiger partial charge in [0.25, 0.3) is 5.69 Å². The molecule has 0 spiro atoms. The Morgan fingerprint density at radius 1 is 1.25 bits per heavy atom. The third-order valence-electron chi connectivity index (χ3n) is 3.09. The zero-order chi connectivity index (χ0) is 14.5. The number of nitro groups is 1. The maximum atomic E-state index is 10.7. The smallest absolute Gasteiger partial charge is 0.269 e. The summed E-state index contributed by atoms with van der Waals surface area (Å²) >= 11 is 0. The van der Waals surface area contributed by atoms with Crippen LogP contribution in [0.5, 0.6) is 0 Å². The number of nitro benzene ring substituents is 1. The van der Waals surface area contributed by atoms with Crippen LogP contribution in [0.2, 0.25) is 0 Å². The lowest BCUT2D eigenvalue weighted by molar-refractivity contribution is -0.384. The summed E-state index contributed by atoms with van der Waals surface area (Å²) in [5, 5.41) is 14.0. The molecule has 0 amide bonds. The maximum absolute atomic E-state index is 10.7. The van der Waals surface area contributed by atoms with Crippen LogP contribution in [0.1, 0.15) is 16.7 Å². The average molecular weight is 268 g/mol.